The van der Waals surface area contributed by atoms with E-state index in [1.54, 1.807) is 0 Å². The number of sulfonamides is 1. The number of nitrogens with one attached hydrogen (secondary N) is 1. The fourth-order valence-corrected chi connectivity index (χ4v) is 2.96. The lowest BCUT2D eigenvalue weighted by Crippen LogP contribution is -2.35. The molecular weight excluding hydrogens is 305 g/mol. The number of amides is 1. The summed E-state index contributed by atoms with van der Waals surface area (Å²) in [5, 5.41) is 0. The molecule has 1 atom stereocenters. The average Bonchev–Trinajstić information content (AvgIpc) is 2.26. The quantitative estimate of drug-likeness (QED) is 0.639. The summed E-state index contributed by atoms with van der Waals surface area (Å²) in [6, 6.07) is 2.39. The van der Waals surface area contributed by atoms with E-state index in [4.69, 9.17) is 11.5 Å². The molecule has 0 aromatic heterocycles. The summed E-state index contributed by atoms with van der Waals surface area (Å²) < 4.78 is 39.7. The maximum Gasteiger partial charge on any atom is 0.240 e. The van der Waals surface area contributed by atoms with Crippen LogP contribution in [-0.4, -0.2) is 25.4 Å². The second-order valence-corrected chi connectivity index (χ2v) is 6.35. The minimum atomic E-state index is -3.92. The number of primary amides is 1. The molecule has 1 aromatic carbocycles. The lowest BCUT2D eigenvalue weighted by molar-refractivity contribution is -0.118. The van der Waals surface area contributed by atoms with Crippen molar-refractivity contribution < 1.29 is 17.6 Å². The second kappa shape index (κ2) is 6.25. The lowest BCUT2D eigenvalue weighted by Gasteiger charge is -2.13. The molecule has 0 aliphatic rings. The first-order chi connectivity index (χ1) is 9.13. The minimum absolute atomic E-state index is 0.150. The first kappa shape index (κ1) is 16.5. The van der Waals surface area contributed by atoms with E-state index in [2.05, 4.69) is 16.9 Å². The molecule has 110 valence electrons. The molecule has 1 amide bonds. The van der Waals surface area contributed by atoms with Gasteiger partial charge in [0.2, 0.25) is 15.9 Å². The molecule has 1 unspecified atom stereocenters. The Kier molecular flexibility index (Phi) is 5.15. The van der Waals surface area contributed by atoms with E-state index < -0.39 is 27.8 Å². The fourth-order valence-electron chi connectivity index (χ4n) is 1.54. The standard InChI is InChI=1S/C11H14FN3O3S2/c1-6(4-10(13)16)15-20(17,18)7-2-3-9(12)8(5-7)11(14)19/h2-3,5-6,15H,4H2,1H3,(H2,13,16)(H2,14,19). The number of nitrogens with two attached hydrogens (primary N) is 2. The predicted molar refractivity (Wildman–Crippen MR) is 75.9 cm³/mol. The molecule has 0 saturated heterocycles. The van der Waals surface area contributed by atoms with E-state index in [9.17, 15) is 17.6 Å². The maximum absolute atomic E-state index is 13.4. The Labute approximate surface area is 121 Å². The van der Waals surface area contributed by atoms with Crippen LogP contribution in [0.15, 0.2) is 23.1 Å². The number of rotatable bonds is 6. The van der Waals surface area contributed by atoms with Crippen molar-refractivity contribution in [1.82, 2.24) is 4.72 Å². The fraction of sp³-hybridized carbons (Fsp3) is 0.273. The minimum Gasteiger partial charge on any atom is -0.389 e. The lowest BCUT2D eigenvalue weighted by atomic mass is 10.2. The van der Waals surface area contributed by atoms with Crippen molar-refractivity contribution in [3.63, 3.8) is 0 Å². The third kappa shape index (κ3) is 4.22. The smallest absolute Gasteiger partial charge is 0.240 e. The number of carbonyl (C=O) groups is 1. The van der Waals surface area contributed by atoms with Crippen molar-refractivity contribution in [2.75, 3.05) is 0 Å². The molecule has 0 spiro atoms. The van der Waals surface area contributed by atoms with Crippen LogP contribution in [0.4, 0.5) is 4.39 Å². The third-order valence-corrected chi connectivity index (χ3v) is 4.18. The van der Waals surface area contributed by atoms with Crippen molar-refractivity contribution in [1.29, 1.82) is 0 Å². The number of benzene rings is 1. The predicted octanol–water partition coefficient (Wildman–Crippen LogP) is 0.00210. The monoisotopic (exact) mass is 319 g/mol. The van der Waals surface area contributed by atoms with Crippen LogP contribution in [0.1, 0.15) is 18.9 Å². The highest BCUT2D eigenvalue weighted by Crippen LogP contribution is 2.15. The van der Waals surface area contributed by atoms with Crippen LogP contribution in [-0.2, 0) is 14.8 Å². The van der Waals surface area contributed by atoms with Gasteiger partial charge in [0.15, 0.2) is 0 Å². The van der Waals surface area contributed by atoms with Crippen LogP contribution in [0.3, 0.4) is 0 Å². The Bertz CT molecular complexity index is 646. The molecule has 9 heteroatoms. The van der Waals surface area contributed by atoms with E-state index in [0.717, 1.165) is 18.2 Å². The number of thiocarbonyl (C=S) groups is 1. The summed E-state index contributed by atoms with van der Waals surface area (Å²) in [4.78, 5) is 10.3. The van der Waals surface area contributed by atoms with Crippen LogP contribution in [0, 0.1) is 5.82 Å². The summed E-state index contributed by atoms with van der Waals surface area (Å²) in [7, 11) is -3.92. The van der Waals surface area contributed by atoms with Crippen LogP contribution in [0.25, 0.3) is 0 Å². The van der Waals surface area contributed by atoms with Crippen molar-refractivity contribution in [3.8, 4) is 0 Å². The zero-order valence-electron chi connectivity index (χ0n) is 10.6. The average molecular weight is 319 g/mol. The SMILES string of the molecule is CC(CC(N)=O)NS(=O)(=O)c1ccc(F)c(C(N)=S)c1. The Balaban J connectivity index is 3.07. The van der Waals surface area contributed by atoms with Crippen LogP contribution < -0.4 is 16.2 Å². The molecule has 0 aliphatic heterocycles. The Morgan fingerprint density at radius 3 is 2.55 bits per heavy atom. The van der Waals surface area contributed by atoms with Crippen LogP contribution in [0.5, 0.6) is 0 Å². The summed E-state index contributed by atoms with van der Waals surface area (Å²) in [6.07, 6.45) is -0.150. The molecule has 0 radical (unpaired) electrons. The van der Waals surface area contributed by atoms with Gasteiger partial charge in [0.25, 0.3) is 0 Å². The third-order valence-electron chi connectivity index (χ3n) is 2.38. The van der Waals surface area contributed by atoms with Crippen LogP contribution in [0.2, 0.25) is 0 Å². The first-order valence-electron chi connectivity index (χ1n) is 5.53. The molecule has 0 bridgehead atoms. The maximum atomic E-state index is 13.4. The molecule has 1 rings (SSSR count). The van der Waals surface area contributed by atoms with Gasteiger partial charge in [-0.25, -0.2) is 17.5 Å². The molecule has 0 saturated carbocycles. The van der Waals surface area contributed by atoms with Crippen molar-refractivity contribution in [2.24, 2.45) is 11.5 Å². The van der Waals surface area contributed by atoms with Crippen molar-refractivity contribution in [3.05, 3.63) is 29.6 Å². The topological polar surface area (TPSA) is 115 Å². The highest BCUT2D eigenvalue weighted by Gasteiger charge is 2.20. The van der Waals surface area contributed by atoms with E-state index in [1.165, 1.54) is 6.92 Å². The van der Waals surface area contributed by atoms with Gasteiger partial charge in [-0.05, 0) is 25.1 Å². The molecule has 20 heavy (non-hydrogen) atoms. The second-order valence-electron chi connectivity index (χ2n) is 4.20. The number of hydrogen-bond donors (Lipinski definition) is 3. The molecule has 0 fully saturated rings. The number of carbonyl (C=O) groups excluding carboxylic acids is 1. The molecular formula is C11H14FN3O3S2. The van der Waals surface area contributed by atoms with Gasteiger partial charge >= 0.3 is 0 Å². The Morgan fingerprint density at radius 2 is 2.05 bits per heavy atom. The van der Waals surface area contributed by atoms with Gasteiger partial charge in [0.1, 0.15) is 10.8 Å². The molecule has 0 aliphatic carbocycles. The molecule has 1 aromatic rings. The van der Waals surface area contributed by atoms with Gasteiger partial charge in [-0.2, -0.15) is 0 Å². The van der Waals surface area contributed by atoms with Gasteiger partial charge in [-0.3, -0.25) is 4.79 Å². The number of halogens is 1. The van der Waals surface area contributed by atoms with E-state index >= 15 is 0 Å². The zero-order valence-corrected chi connectivity index (χ0v) is 12.2. The Hall–Kier alpha value is -1.58. The van der Waals surface area contributed by atoms with Gasteiger partial charge in [-0.1, -0.05) is 12.2 Å². The highest BCUT2D eigenvalue weighted by atomic mass is 32.2. The van der Waals surface area contributed by atoms with E-state index in [-0.39, 0.29) is 21.9 Å². The van der Waals surface area contributed by atoms with Gasteiger partial charge in [0, 0.05) is 18.0 Å². The summed E-state index contributed by atoms with van der Waals surface area (Å²) in [5.41, 5.74) is 10.1. The van der Waals surface area contributed by atoms with Gasteiger partial charge in [0.05, 0.1) is 4.90 Å². The number of hydrogen-bond acceptors (Lipinski definition) is 4. The van der Waals surface area contributed by atoms with E-state index in [0.29, 0.717) is 0 Å². The summed E-state index contributed by atoms with van der Waals surface area (Å²) in [6.45, 7) is 1.49. The molecule has 6 nitrogen and oxygen atoms in total. The van der Waals surface area contributed by atoms with Crippen LogP contribution >= 0.6 is 12.2 Å². The first-order valence-corrected chi connectivity index (χ1v) is 7.42. The summed E-state index contributed by atoms with van der Waals surface area (Å²) >= 11 is 4.64. The zero-order chi connectivity index (χ0) is 15.5. The molecule has 0 heterocycles. The van der Waals surface area contributed by atoms with Crippen molar-refractivity contribution in [2.45, 2.75) is 24.3 Å². The van der Waals surface area contributed by atoms with Gasteiger partial charge < -0.3 is 11.5 Å². The normalized spacial score (nSPS) is 12.9. The highest BCUT2D eigenvalue weighted by molar-refractivity contribution is 7.89. The Morgan fingerprint density at radius 1 is 1.45 bits per heavy atom. The molecule has 5 N–H and O–H groups in total. The van der Waals surface area contributed by atoms with Gasteiger partial charge in [-0.15, -0.1) is 0 Å². The summed E-state index contributed by atoms with van der Waals surface area (Å²) in [5.74, 6) is -1.34. The van der Waals surface area contributed by atoms with E-state index in [1.807, 2.05) is 0 Å². The van der Waals surface area contributed by atoms with Crippen molar-refractivity contribution >= 4 is 33.1 Å². The largest absolute Gasteiger partial charge is 0.389 e.